The molecule has 18 heavy (non-hydrogen) atoms. The van der Waals surface area contributed by atoms with Crippen molar-refractivity contribution >= 4 is 5.97 Å². The van der Waals surface area contributed by atoms with Crippen LogP contribution in [-0.4, -0.2) is 35.4 Å². The molecule has 5 heteroatoms. The minimum atomic E-state index is -0.993. The highest BCUT2D eigenvalue weighted by molar-refractivity contribution is 5.87. The van der Waals surface area contributed by atoms with Gasteiger partial charge in [0.15, 0.2) is 0 Å². The molecule has 1 aliphatic heterocycles. The molecule has 0 amide bonds. The standard InChI is InChI=1S/C13H17NO4/c15-13(16)10-7-12(9-14-8-10)18-6-2-4-11-3-1-5-17-11/h7-9,11H,1-6H2,(H,15,16). The first-order valence-electron chi connectivity index (χ1n) is 6.18. The Morgan fingerprint density at radius 2 is 2.44 bits per heavy atom. The summed E-state index contributed by atoms with van der Waals surface area (Å²) in [5, 5.41) is 8.81. The van der Waals surface area contributed by atoms with Crippen LogP contribution in [0.15, 0.2) is 18.5 Å². The van der Waals surface area contributed by atoms with Crippen LogP contribution in [0, 0.1) is 0 Å². The maximum atomic E-state index is 10.7. The fourth-order valence-corrected chi connectivity index (χ4v) is 1.99. The maximum absolute atomic E-state index is 10.7. The quantitative estimate of drug-likeness (QED) is 0.784. The summed E-state index contributed by atoms with van der Waals surface area (Å²) in [6.45, 7) is 1.43. The molecule has 0 spiro atoms. The molecular formula is C13H17NO4. The highest BCUT2D eigenvalue weighted by atomic mass is 16.5. The summed E-state index contributed by atoms with van der Waals surface area (Å²) in [6.07, 6.45) is 7.39. The van der Waals surface area contributed by atoms with E-state index in [2.05, 4.69) is 4.98 Å². The highest BCUT2D eigenvalue weighted by Crippen LogP contribution is 2.17. The molecule has 1 saturated heterocycles. The third-order valence-corrected chi connectivity index (χ3v) is 2.92. The molecule has 1 N–H and O–H groups in total. The fraction of sp³-hybridized carbons (Fsp3) is 0.538. The van der Waals surface area contributed by atoms with Crippen LogP contribution in [0.4, 0.5) is 0 Å². The number of hydrogen-bond acceptors (Lipinski definition) is 4. The minimum absolute atomic E-state index is 0.145. The van der Waals surface area contributed by atoms with E-state index in [1.54, 1.807) is 0 Å². The number of carboxylic acids is 1. The molecule has 0 saturated carbocycles. The normalized spacial score (nSPS) is 18.8. The number of carboxylic acid groups (broad SMARTS) is 1. The molecular weight excluding hydrogens is 234 g/mol. The smallest absolute Gasteiger partial charge is 0.337 e. The Morgan fingerprint density at radius 3 is 3.17 bits per heavy atom. The second-order valence-electron chi connectivity index (χ2n) is 4.34. The molecule has 1 fully saturated rings. The predicted octanol–water partition coefficient (Wildman–Crippen LogP) is 2.12. The molecule has 2 heterocycles. The zero-order chi connectivity index (χ0) is 12.8. The monoisotopic (exact) mass is 251 g/mol. The second-order valence-corrected chi connectivity index (χ2v) is 4.34. The number of aromatic carboxylic acids is 1. The molecule has 0 radical (unpaired) electrons. The van der Waals surface area contributed by atoms with Crippen molar-refractivity contribution in [3.8, 4) is 5.75 Å². The molecule has 1 aromatic rings. The minimum Gasteiger partial charge on any atom is -0.492 e. The van der Waals surface area contributed by atoms with Crippen LogP contribution in [-0.2, 0) is 4.74 Å². The third-order valence-electron chi connectivity index (χ3n) is 2.92. The average molecular weight is 251 g/mol. The van der Waals surface area contributed by atoms with E-state index in [9.17, 15) is 4.79 Å². The molecule has 1 aromatic heterocycles. The number of ether oxygens (including phenoxy) is 2. The number of pyridine rings is 1. The van der Waals surface area contributed by atoms with Crippen LogP contribution < -0.4 is 4.74 Å². The molecule has 0 bridgehead atoms. The Hall–Kier alpha value is -1.62. The van der Waals surface area contributed by atoms with Gasteiger partial charge in [0, 0.05) is 12.8 Å². The first-order valence-corrected chi connectivity index (χ1v) is 6.18. The lowest BCUT2D eigenvalue weighted by atomic mass is 10.1. The van der Waals surface area contributed by atoms with Crippen molar-refractivity contribution in [1.29, 1.82) is 0 Å². The lowest BCUT2D eigenvalue weighted by Gasteiger charge is -2.10. The first kappa shape index (κ1) is 12.8. The van der Waals surface area contributed by atoms with Crippen LogP contribution in [0.2, 0.25) is 0 Å². The number of carbonyl (C=O) groups is 1. The Kier molecular flexibility index (Phi) is 4.52. The third kappa shape index (κ3) is 3.70. The van der Waals surface area contributed by atoms with Gasteiger partial charge >= 0.3 is 5.97 Å². The topological polar surface area (TPSA) is 68.7 Å². The summed E-state index contributed by atoms with van der Waals surface area (Å²) >= 11 is 0. The summed E-state index contributed by atoms with van der Waals surface area (Å²) in [6, 6.07) is 1.49. The Morgan fingerprint density at radius 1 is 1.56 bits per heavy atom. The van der Waals surface area contributed by atoms with Gasteiger partial charge in [-0.25, -0.2) is 4.79 Å². The predicted molar refractivity (Wildman–Crippen MR) is 64.9 cm³/mol. The van der Waals surface area contributed by atoms with Gasteiger partial charge in [0.1, 0.15) is 5.75 Å². The highest BCUT2D eigenvalue weighted by Gasteiger charge is 2.14. The van der Waals surface area contributed by atoms with Gasteiger partial charge in [-0.2, -0.15) is 0 Å². The molecule has 2 rings (SSSR count). The maximum Gasteiger partial charge on any atom is 0.337 e. The summed E-state index contributed by atoms with van der Waals surface area (Å²) in [4.78, 5) is 14.6. The second kappa shape index (κ2) is 6.35. The van der Waals surface area contributed by atoms with Crippen molar-refractivity contribution in [2.24, 2.45) is 0 Å². The Bertz CT molecular complexity index is 402. The molecule has 1 unspecified atom stereocenters. The van der Waals surface area contributed by atoms with E-state index in [-0.39, 0.29) is 5.56 Å². The summed E-state index contributed by atoms with van der Waals surface area (Å²) in [5.41, 5.74) is 0.145. The number of nitrogens with zero attached hydrogens (tertiary/aromatic N) is 1. The zero-order valence-electron chi connectivity index (χ0n) is 10.2. The van der Waals surface area contributed by atoms with E-state index in [4.69, 9.17) is 14.6 Å². The van der Waals surface area contributed by atoms with Crippen LogP contribution >= 0.6 is 0 Å². The van der Waals surface area contributed by atoms with Crippen LogP contribution in [0.3, 0.4) is 0 Å². The van der Waals surface area contributed by atoms with Gasteiger partial charge in [0.2, 0.25) is 0 Å². The van der Waals surface area contributed by atoms with Crippen LogP contribution in [0.25, 0.3) is 0 Å². The van der Waals surface area contributed by atoms with Gasteiger partial charge in [0.25, 0.3) is 0 Å². The van der Waals surface area contributed by atoms with Gasteiger partial charge in [-0.05, 0) is 31.7 Å². The van der Waals surface area contributed by atoms with Crippen molar-refractivity contribution in [2.45, 2.75) is 31.8 Å². The van der Waals surface area contributed by atoms with E-state index < -0.39 is 5.97 Å². The van der Waals surface area contributed by atoms with E-state index in [1.807, 2.05) is 0 Å². The molecule has 0 aromatic carbocycles. The van der Waals surface area contributed by atoms with Crippen LogP contribution in [0.1, 0.15) is 36.0 Å². The largest absolute Gasteiger partial charge is 0.492 e. The van der Waals surface area contributed by atoms with Gasteiger partial charge in [-0.1, -0.05) is 0 Å². The molecule has 5 nitrogen and oxygen atoms in total. The van der Waals surface area contributed by atoms with Crippen molar-refractivity contribution in [2.75, 3.05) is 13.2 Å². The van der Waals surface area contributed by atoms with E-state index >= 15 is 0 Å². The van der Waals surface area contributed by atoms with E-state index in [0.29, 0.717) is 18.5 Å². The summed E-state index contributed by atoms with van der Waals surface area (Å²) < 4.78 is 11.0. The Balaban J connectivity index is 1.72. The van der Waals surface area contributed by atoms with E-state index in [0.717, 1.165) is 32.3 Å². The SMILES string of the molecule is O=C(O)c1cncc(OCCCC2CCCO2)c1. The lowest BCUT2D eigenvalue weighted by molar-refractivity contribution is 0.0696. The average Bonchev–Trinajstić information content (AvgIpc) is 2.88. The fourth-order valence-electron chi connectivity index (χ4n) is 1.99. The number of rotatable bonds is 6. The van der Waals surface area contributed by atoms with Gasteiger partial charge < -0.3 is 14.6 Å². The summed E-state index contributed by atoms with van der Waals surface area (Å²) in [5.74, 6) is -0.491. The number of aromatic nitrogens is 1. The van der Waals surface area contributed by atoms with Crippen molar-refractivity contribution in [3.63, 3.8) is 0 Å². The molecule has 98 valence electrons. The number of hydrogen-bond donors (Lipinski definition) is 1. The van der Waals surface area contributed by atoms with Crippen molar-refractivity contribution in [1.82, 2.24) is 4.98 Å². The zero-order valence-corrected chi connectivity index (χ0v) is 10.2. The van der Waals surface area contributed by atoms with Crippen LogP contribution in [0.5, 0.6) is 5.75 Å². The van der Waals surface area contributed by atoms with Crippen molar-refractivity contribution < 1.29 is 19.4 Å². The lowest BCUT2D eigenvalue weighted by Crippen LogP contribution is -2.08. The van der Waals surface area contributed by atoms with Crippen molar-refractivity contribution in [3.05, 3.63) is 24.0 Å². The Labute approximate surface area is 106 Å². The first-order chi connectivity index (χ1) is 8.75. The molecule has 1 atom stereocenters. The molecule has 1 aliphatic rings. The van der Waals surface area contributed by atoms with Gasteiger partial charge in [-0.3, -0.25) is 4.98 Å². The van der Waals surface area contributed by atoms with Gasteiger partial charge in [-0.15, -0.1) is 0 Å². The summed E-state index contributed by atoms with van der Waals surface area (Å²) in [7, 11) is 0. The molecule has 0 aliphatic carbocycles. The van der Waals surface area contributed by atoms with Gasteiger partial charge in [0.05, 0.1) is 24.5 Å². The van der Waals surface area contributed by atoms with E-state index in [1.165, 1.54) is 18.5 Å².